The van der Waals surface area contributed by atoms with Crippen LogP contribution in [0.4, 0.5) is 0 Å². The summed E-state index contributed by atoms with van der Waals surface area (Å²) in [5, 5.41) is 3.78. The fourth-order valence-electron chi connectivity index (χ4n) is 2.51. The van der Waals surface area contributed by atoms with Gasteiger partial charge in [-0.15, -0.1) is 0 Å². The van der Waals surface area contributed by atoms with Gasteiger partial charge in [0, 0.05) is 29.6 Å². The van der Waals surface area contributed by atoms with E-state index in [1.165, 1.54) is 11.8 Å². The fraction of sp³-hybridized carbons (Fsp3) is 0.643. The van der Waals surface area contributed by atoms with Gasteiger partial charge in [0.15, 0.2) is 5.16 Å². The number of carbonyl (C=O) groups excluding carboxylic acids is 1. The third-order valence-corrected chi connectivity index (χ3v) is 5.04. The minimum absolute atomic E-state index is 0.0198. The quantitative estimate of drug-likeness (QED) is 0.848. The Labute approximate surface area is 122 Å². The molecule has 1 atom stereocenters. The molecule has 0 saturated heterocycles. The zero-order valence-electron chi connectivity index (χ0n) is 11.8. The van der Waals surface area contributed by atoms with E-state index < -0.39 is 0 Å². The molecule has 0 bridgehead atoms. The van der Waals surface area contributed by atoms with Gasteiger partial charge >= 0.3 is 0 Å². The van der Waals surface area contributed by atoms with E-state index in [0.29, 0.717) is 24.8 Å². The van der Waals surface area contributed by atoms with Crippen LogP contribution in [-0.2, 0) is 17.8 Å². The lowest BCUT2D eigenvalue weighted by Gasteiger charge is -2.25. The molecule has 0 radical (unpaired) electrons. The van der Waals surface area contributed by atoms with Gasteiger partial charge in [0.25, 0.3) is 5.56 Å². The van der Waals surface area contributed by atoms with Crippen LogP contribution in [0.2, 0.25) is 0 Å². The fourth-order valence-corrected chi connectivity index (χ4v) is 3.63. The number of rotatable bonds is 3. The highest BCUT2D eigenvalue weighted by atomic mass is 32.2. The Balaban J connectivity index is 1.86. The van der Waals surface area contributed by atoms with Crippen molar-refractivity contribution in [1.82, 2.24) is 14.9 Å². The number of fused-ring (bicyclic) bond motifs is 1. The molecule has 2 heterocycles. The zero-order chi connectivity index (χ0) is 14.3. The molecule has 1 fully saturated rings. The largest absolute Gasteiger partial charge is 0.353 e. The molecule has 0 spiro atoms. The summed E-state index contributed by atoms with van der Waals surface area (Å²) in [5.74, 6) is 0.659. The molecule has 0 aromatic carbocycles. The second-order valence-electron chi connectivity index (χ2n) is 5.52. The molecule has 2 aliphatic rings. The highest BCUT2D eigenvalue weighted by Gasteiger charge is 2.31. The standard InChI is InChI=1S/C14H19N3O2S/c1-3-11-8(2)15-14-17(13(11)19)6-9(7-20-14)12(18)16-10-4-5-10/h9-10H,3-7H2,1-2H3,(H,16,18). The smallest absolute Gasteiger partial charge is 0.257 e. The number of thioether (sulfide) groups is 1. The van der Waals surface area contributed by atoms with Crippen LogP contribution in [0.5, 0.6) is 0 Å². The molecule has 1 N–H and O–H groups in total. The molecule has 1 aromatic rings. The molecule has 1 saturated carbocycles. The van der Waals surface area contributed by atoms with Crippen molar-refractivity contribution in [3.8, 4) is 0 Å². The lowest BCUT2D eigenvalue weighted by molar-refractivity contribution is -0.125. The Morgan fingerprint density at radius 3 is 2.90 bits per heavy atom. The Hall–Kier alpha value is -1.30. The highest BCUT2D eigenvalue weighted by molar-refractivity contribution is 7.99. The summed E-state index contributed by atoms with van der Waals surface area (Å²) in [4.78, 5) is 29.1. The molecule has 5 nitrogen and oxygen atoms in total. The Morgan fingerprint density at radius 1 is 1.50 bits per heavy atom. The van der Waals surface area contributed by atoms with Crippen molar-refractivity contribution in [2.75, 3.05) is 5.75 Å². The number of aryl methyl sites for hydroxylation is 1. The number of hydrogen-bond donors (Lipinski definition) is 1. The lowest BCUT2D eigenvalue weighted by atomic mass is 10.1. The summed E-state index contributed by atoms with van der Waals surface area (Å²) in [5.41, 5.74) is 1.60. The summed E-state index contributed by atoms with van der Waals surface area (Å²) in [6.07, 6.45) is 2.85. The molecular weight excluding hydrogens is 274 g/mol. The second-order valence-corrected chi connectivity index (χ2v) is 6.51. The molecule has 1 unspecified atom stereocenters. The predicted octanol–water partition coefficient (Wildman–Crippen LogP) is 1.11. The lowest BCUT2D eigenvalue weighted by Crippen LogP contribution is -2.41. The molecule has 3 rings (SSSR count). The normalized spacial score (nSPS) is 21.4. The molecule has 108 valence electrons. The van der Waals surface area contributed by atoms with Gasteiger partial charge in [0.2, 0.25) is 5.91 Å². The van der Waals surface area contributed by atoms with Crippen molar-refractivity contribution in [3.05, 3.63) is 21.6 Å². The first-order valence-corrected chi connectivity index (χ1v) is 8.12. The van der Waals surface area contributed by atoms with Gasteiger partial charge in [-0.3, -0.25) is 14.2 Å². The van der Waals surface area contributed by atoms with Crippen molar-refractivity contribution in [3.63, 3.8) is 0 Å². The summed E-state index contributed by atoms with van der Waals surface area (Å²) in [7, 11) is 0. The number of carbonyl (C=O) groups is 1. The molecule has 6 heteroatoms. The highest BCUT2D eigenvalue weighted by Crippen LogP contribution is 2.27. The summed E-state index contributed by atoms with van der Waals surface area (Å²) < 4.78 is 1.68. The monoisotopic (exact) mass is 293 g/mol. The van der Waals surface area contributed by atoms with Crippen molar-refractivity contribution in [2.24, 2.45) is 5.92 Å². The van der Waals surface area contributed by atoms with Gasteiger partial charge in [-0.2, -0.15) is 0 Å². The molecule has 1 amide bonds. The van der Waals surface area contributed by atoms with E-state index in [-0.39, 0.29) is 17.4 Å². The number of nitrogens with one attached hydrogen (secondary N) is 1. The average molecular weight is 293 g/mol. The van der Waals surface area contributed by atoms with Crippen LogP contribution in [0.25, 0.3) is 0 Å². The van der Waals surface area contributed by atoms with E-state index in [4.69, 9.17) is 0 Å². The molecule has 1 aliphatic carbocycles. The maximum Gasteiger partial charge on any atom is 0.257 e. The van der Waals surface area contributed by atoms with E-state index in [1.807, 2.05) is 13.8 Å². The third-order valence-electron chi connectivity index (χ3n) is 3.90. The summed E-state index contributed by atoms with van der Waals surface area (Å²) in [6, 6.07) is 0.368. The van der Waals surface area contributed by atoms with Crippen LogP contribution < -0.4 is 10.9 Å². The minimum atomic E-state index is -0.125. The maximum absolute atomic E-state index is 12.4. The SMILES string of the molecule is CCc1c(C)nc2n(c1=O)CC(C(=O)NC1CC1)CS2. The maximum atomic E-state index is 12.4. The molecular formula is C14H19N3O2S. The van der Waals surface area contributed by atoms with Gasteiger partial charge in [0.05, 0.1) is 5.92 Å². The summed E-state index contributed by atoms with van der Waals surface area (Å²) >= 11 is 1.51. The van der Waals surface area contributed by atoms with Crippen LogP contribution in [0.1, 0.15) is 31.0 Å². The Bertz CT molecular complexity index is 607. The van der Waals surface area contributed by atoms with Crippen LogP contribution in [-0.4, -0.2) is 27.3 Å². The predicted molar refractivity (Wildman–Crippen MR) is 78.0 cm³/mol. The average Bonchev–Trinajstić information content (AvgIpc) is 3.23. The van der Waals surface area contributed by atoms with Crippen molar-refractivity contribution in [1.29, 1.82) is 0 Å². The van der Waals surface area contributed by atoms with Gasteiger partial charge in [-0.1, -0.05) is 18.7 Å². The number of aromatic nitrogens is 2. The summed E-state index contributed by atoms with van der Waals surface area (Å²) in [6.45, 7) is 4.30. The first kappa shape index (κ1) is 13.7. The first-order valence-electron chi connectivity index (χ1n) is 7.13. The first-order chi connectivity index (χ1) is 9.60. The number of amides is 1. The Morgan fingerprint density at radius 2 is 2.25 bits per heavy atom. The second kappa shape index (κ2) is 5.24. The van der Waals surface area contributed by atoms with Gasteiger partial charge < -0.3 is 5.32 Å². The molecule has 1 aliphatic heterocycles. The van der Waals surface area contributed by atoms with Gasteiger partial charge in [0.1, 0.15) is 0 Å². The number of nitrogens with zero attached hydrogens (tertiary/aromatic N) is 2. The van der Waals surface area contributed by atoms with Gasteiger partial charge in [-0.25, -0.2) is 4.98 Å². The van der Waals surface area contributed by atoms with Crippen LogP contribution in [0.15, 0.2) is 9.95 Å². The van der Waals surface area contributed by atoms with Crippen LogP contribution in [0.3, 0.4) is 0 Å². The van der Waals surface area contributed by atoms with E-state index in [0.717, 1.165) is 29.3 Å². The third kappa shape index (κ3) is 2.49. The van der Waals surface area contributed by atoms with E-state index in [2.05, 4.69) is 10.3 Å². The minimum Gasteiger partial charge on any atom is -0.353 e. The van der Waals surface area contributed by atoms with Crippen molar-refractivity contribution in [2.45, 2.75) is 50.9 Å². The molecule has 20 heavy (non-hydrogen) atoms. The molecule has 1 aromatic heterocycles. The Kier molecular flexibility index (Phi) is 3.58. The van der Waals surface area contributed by atoms with Crippen LogP contribution in [0, 0.1) is 12.8 Å². The van der Waals surface area contributed by atoms with E-state index in [1.54, 1.807) is 4.57 Å². The van der Waals surface area contributed by atoms with Crippen LogP contribution >= 0.6 is 11.8 Å². The van der Waals surface area contributed by atoms with Crippen molar-refractivity contribution >= 4 is 17.7 Å². The zero-order valence-corrected chi connectivity index (χ0v) is 12.6. The van der Waals surface area contributed by atoms with E-state index >= 15 is 0 Å². The van der Waals surface area contributed by atoms with Crippen molar-refractivity contribution < 1.29 is 4.79 Å². The van der Waals surface area contributed by atoms with Gasteiger partial charge in [-0.05, 0) is 26.2 Å². The number of hydrogen-bond acceptors (Lipinski definition) is 4. The topological polar surface area (TPSA) is 64.0 Å². The van der Waals surface area contributed by atoms with E-state index in [9.17, 15) is 9.59 Å².